The molecule has 2 aliphatic heterocycles. The molecule has 2 aromatic rings. The Bertz CT molecular complexity index is 903. The highest BCUT2D eigenvalue weighted by atomic mass is 35.5. The molecule has 1 saturated heterocycles. The first-order valence-corrected chi connectivity index (χ1v) is 9.33. The van der Waals surface area contributed by atoms with Gasteiger partial charge >= 0.3 is 0 Å². The standard InChI is InChI=1S/C21H20ClNO4/c1-26-14-6-7-19-16(12-14)18(24)13-21(27-19)8-10-23(11-9-21)20(25)15-4-2-3-5-17(15)22/h2-7,12H,8-11,13H2,1H3. The zero-order valence-corrected chi connectivity index (χ0v) is 15.8. The Morgan fingerprint density at radius 1 is 1.19 bits per heavy atom. The van der Waals surface area contributed by atoms with Gasteiger partial charge in [0.15, 0.2) is 5.78 Å². The van der Waals surface area contributed by atoms with Crippen LogP contribution < -0.4 is 9.47 Å². The fraction of sp³-hybridized carbons (Fsp3) is 0.333. The number of benzene rings is 2. The van der Waals surface area contributed by atoms with Gasteiger partial charge in [0.05, 0.1) is 29.7 Å². The lowest BCUT2D eigenvalue weighted by molar-refractivity contribution is -0.00576. The second kappa shape index (κ2) is 6.89. The molecule has 2 heterocycles. The van der Waals surface area contributed by atoms with Crippen molar-refractivity contribution in [2.75, 3.05) is 20.2 Å². The van der Waals surface area contributed by atoms with Gasteiger partial charge in [0.25, 0.3) is 5.91 Å². The van der Waals surface area contributed by atoms with Crippen LogP contribution in [0.1, 0.15) is 40.0 Å². The van der Waals surface area contributed by atoms with Gasteiger partial charge < -0.3 is 14.4 Å². The smallest absolute Gasteiger partial charge is 0.255 e. The average Bonchev–Trinajstić information content (AvgIpc) is 2.68. The predicted molar refractivity (Wildman–Crippen MR) is 102 cm³/mol. The minimum Gasteiger partial charge on any atom is -0.497 e. The number of piperidine rings is 1. The molecule has 2 aromatic carbocycles. The zero-order chi connectivity index (χ0) is 19.0. The van der Waals surface area contributed by atoms with Crippen LogP contribution in [0.5, 0.6) is 11.5 Å². The third-order valence-electron chi connectivity index (χ3n) is 5.36. The molecule has 1 fully saturated rings. The molecule has 0 aromatic heterocycles. The first-order valence-electron chi connectivity index (χ1n) is 8.95. The van der Waals surface area contributed by atoms with Crippen LogP contribution in [0.3, 0.4) is 0 Å². The van der Waals surface area contributed by atoms with Crippen LogP contribution in [-0.2, 0) is 0 Å². The van der Waals surface area contributed by atoms with Gasteiger partial charge in [-0.15, -0.1) is 0 Å². The lowest BCUT2D eigenvalue weighted by Gasteiger charge is -2.44. The molecular formula is C21H20ClNO4. The molecule has 0 aliphatic carbocycles. The first kappa shape index (κ1) is 17.9. The molecule has 140 valence electrons. The van der Waals surface area contributed by atoms with Crippen molar-refractivity contribution in [2.45, 2.75) is 24.9 Å². The van der Waals surface area contributed by atoms with Crippen molar-refractivity contribution in [1.82, 2.24) is 4.90 Å². The molecule has 4 rings (SSSR count). The van der Waals surface area contributed by atoms with E-state index in [0.29, 0.717) is 60.0 Å². The van der Waals surface area contributed by atoms with Gasteiger partial charge in [-0.1, -0.05) is 23.7 Å². The minimum absolute atomic E-state index is 0.0565. The van der Waals surface area contributed by atoms with Gasteiger partial charge in [-0.25, -0.2) is 0 Å². The normalized spacial score (nSPS) is 18.0. The summed E-state index contributed by atoms with van der Waals surface area (Å²) in [6.07, 6.45) is 1.54. The molecule has 5 nitrogen and oxygen atoms in total. The van der Waals surface area contributed by atoms with Crippen molar-refractivity contribution >= 4 is 23.3 Å². The number of nitrogens with zero attached hydrogens (tertiary/aromatic N) is 1. The lowest BCUT2D eigenvalue weighted by Crippen LogP contribution is -2.52. The summed E-state index contributed by atoms with van der Waals surface area (Å²) in [5.74, 6) is 1.21. The van der Waals surface area contributed by atoms with Crippen molar-refractivity contribution in [3.8, 4) is 11.5 Å². The third-order valence-corrected chi connectivity index (χ3v) is 5.69. The number of Topliss-reactive ketones (excluding diaryl/α,β-unsaturated/α-hetero) is 1. The maximum Gasteiger partial charge on any atom is 0.255 e. The van der Waals surface area contributed by atoms with Crippen molar-refractivity contribution in [2.24, 2.45) is 0 Å². The summed E-state index contributed by atoms with van der Waals surface area (Å²) in [6.45, 7) is 1.06. The number of ketones is 1. The summed E-state index contributed by atoms with van der Waals surface area (Å²) in [7, 11) is 1.57. The van der Waals surface area contributed by atoms with E-state index in [0.717, 1.165) is 0 Å². The van der Waals surface area contributed by atoms with E-state index >= 15 is 0 Å². The summed E-state index contributed by atoms with van der Waals surface area (Å²) in [6, 6.07) is 12.4. The molecule has 0 bridgehead atoms. The Morgan fingerprint density at radius 2 is 1.93 bits per heavy atom. The maximum atomic E-state index is 12.7. The highest BCUT2D eigenvalue weighted by Crippen LogP contribution is 2.40. The Kier molecular flexibility index (Phi) is 4.56. The first-order chi connectivity index (χ1) is 13.0. The molecule has 0 radical (unpaired) electrons. The topological polar surface area (TPSA) is 55.8 Å². The Hall–Kier alpha value is -2.53. The second-order valence-corrected chi connectivity index (χ2v) is 7.43. The number of likely N-dealkylation sites (tertiary alicyclic amines) is 1. The number of carbonyl (C=O) groups is 2. The van der Waals surface area contributed by atoms with E-state index in [9.17, 15) is 9.59 Å². The van der Waals surface area contributed by atoms with E-state index in [1.807, 2.05) is 0 Å². The molecule has 0 saturated carbocycles. The summed E-state index contributed by atoms with van der Waals surface area (Å²) >= 11 is 6.15. The van der Waals surface area contributed by atoms with E-state index in [4.69, 9.17) is 21.1 Å². The highest BCUT2D eigenvalue weighted by Gasteiger charge is 2.44. The van der Waals surface area contributed by atoms with Crippen LogP contribution in [-0.4, -0.2) is 42.4 Å². The van der Waals surface area contributed by atoms with Gasteiger partial charge in [-0.2, -0.15) is 0 Å². The highest BCUT2D eigenvalue weighted by molar-refractivity contribution is 6.33. The SMILES string of the molecule is COc1ccc2c(c1)C(=O)CC1(CCN(C(=O)c3ccccc3Cl)CC1)O2. The molecule has 0 atom stereocenters. The van der Waals surface area contributed by atoms with E-state index in [2.05, 4.69) is 0 Å². The van der Waals surface area contributed by atoms with Crippen molar-refractivity contribution < 1.29 is 19.1 Å². The number of rotatable bonds is 2. The van der Waals surface area contributed by atoms with Gasteiger partial charge in [-0.05, 0) is 30.3 Å². The molecule has 1 spiro atoms. The largest absolute Gasteiger partial charge is 0.497 e. The van der Waals surface area contributed by atoms with Crippen LogP contribution in [0, 0.1) is 0 Å². The fourth-order valence-corrected chi connectivity index (χ4v) is 4.02. The van der Waals surface area contributed by atoms with Gasteiger partial charge in [0.1, 0.15) is 17.1 Å². The minimum atomic E-state index is -0.546. The fourth-order valence-electron chi connectivity index (χ4n) is 3.80. The van der Waals surface area contributed by atoms with Crippen LogP contribution in [0.2, 0.25) is 5.02 Å². The average molecular weight is 386 g/mol. The molecular weight excluding hydrogens is 366 g/mol. The van der Waals surface area contributed by atoms with E-state index in [1.165, 1.54) is 0 Å². The zero-order valence-electron chi connectivity index (χ0n) is 15.0. The number of carbonyl (C=O) groups excluding carboxylic acids is 2. The summed E-state index contributed by atoms with van der Waals surface area (Å²) in [5.41, 5.74) is 0.526. The molecule has 6 heteroatoms. The van der Waals surface area contributed by atoms with Gasteiger partial charge in [0, 0.05) is 25.9 Å². The summed E-state index contributed by atoms with van der Waals surface area (Å²) in [4.78, 5) is 27.2. The van der Waals surface area contributed by atoms with Crippen LogP contribution in [0.15, 0.2) is 42.5 Å². The van der Waals surface area contributed by atoms with Crippen LogP contribution in [0.25, 0.3) is 0 Å². The summed E-state index contributed by atoms with van der Waals surface area (Å²) in [5, 5.41) is 0.453. The molecule has 1 amide bonds. The number of ether oxygens (including phenoxy) is 2. The Labute approximate surface area is 162 Å². The molecule has 0 unspecified atom stereocenters. The molecule has 27 heavy (non-hydrogen) atoms. The van der Waals surface area contributed by atoms with Crippen molar-refractivity contribution in [3.63, 3.8) is 0 Å². The van der Waals surface area contributed by atoms with Crippen molar-refractivity contribution in [3.05, 3.63) is 58.6 Å². The monoisotopic (exact) mass is 385 g/mol. The van der Waals surface area contributed by atoms with E-state index in [-0.39, 0.29) is 11.7 Å². The van der Waals surface area contributed by atoms with Crippen LogP contribution in [0.4, 0.5) is 0 Å². The van der Waals surface area contributed by atoms with Crippen LogP contribution >= 0.6 is 11.6 Å². The molecule has 2 aliphatic rings. The second-order valence-electron chi connectivity index (χ2n) is 7.02. The number of hydrogen-bond acceptors (Lipinski definition) is 4. The Balaban J connectivity index is 1.49. The lowest BCUT2D eigenvalue weighted by atomic mass is 9.82. The Morgan fingerprint density at radius 3 is 2.63 bits per heavy atom. The van der Waals surface area contributed by atoms with Gasteiger partial charge in [0.2, 0.25) is 0 Å². The van der Waals surface area contributed by atoms with Crippen molar-refractivity contribution in [1.29, 1.82) is 0 Å². The number of hydrogen-bond donors (Lipinski definition) is 0. The quantitative estimate of drug-likeness (QED) is 0.784. The van der Waals surface area contributed by atoms with Gasteiger partial charge in [-0.3, -0.25) is 9.59 Å². The predicted octanol–water partition coefficient (Wildman–Crippen LogP) is 3.99. The van der Waals surface area contributed by atoms with E-state index in [1.54, 1.807) is 54.5 Å². The third kappa shape index (κ3) is 3.28. The maximum absolute atomic E-state index is 12.7. The van der Waals surface area contributed by atoms with E-state index < -0.39 is 5.60 Å². The number of methoxy groups -OCH3 is 1. The number of halogens is 1. The summed E-state index contributed by atoms with van der Waals surface area (Å²) < 4.78 is 11.4. The molecule has 0 N–H and O–H groups in total. The number of amides is 1. The number of fused-ring (bicyclic) bond motifs is 1.